The molecule has 0 aliphatic carbocycles. The summed E-state index contributed by atoms with van der Waals surface area (Å²) in [6.07, 6.45) is 2.95. The van der Waals surface area contributed by atoms with Crippen molar-refractivity contribution in [1.82, 2.24) is 15.0 Å². The first-order valence-electron chi connectivity index (χ1n) is 14.2. The fourth-order valence-corrected chi connectivity index (χ4v) is 6.47. The van der Waals surface area contributed by atoms with Gasteiger partial charge in [0, 0.05) is 46.9 Å². The molecular formula is C32H32BrFN4O5S2. The molecule has 0 amide bonds. The Hall–Kier alpha value is -3.65. The number of benzene rings is 3. The van der Waals surface area contributed by atoms with Crippen molar-refractivity contribution in [2.75, 3.05) is 37.1 Å². The zero-order valence-electron chi connectivity index (χ0n) is 24.8. The van der Waals surface area contributed by atoms with Crippen LogP contribution in [-0.4, -0.2) is 55.2 Å². The lowest BCUT2D eigenvalue weighted by Crippen LogP contribution is -2.14. The van der Waals surface area contributed by atoms with E-state index in [0.29, 0.717) is 35.9 Å². The van der Waals surface area contributed by atoms with Crippen LogP contribution >= 0.6 is 27.3 Å². The second kappa shape index (κ2) is 15.1. The fraction of sp³-hybridized carbons (Fsp3) is 0.281. The third kappa shape index (κ3) is 8.75. The average molecular weight is 716 g/mol. The van der Waals surface area contributed by atoms with Gasteiger partial charge in [-0.15, -0.1) is 11.3 Å². The third-order valence-electron chi connectivity index (χ3n) is 6.92. The van der Waals surface area contributed by atoms with Crippen LogP contribution in [0.2, 0.25) is 0 Å². The number of aromatic nitrogens is 3. The lowest BCUT2D eigenvalue weighted by Gasteiger charge is -2.13. The van der Waals surface area contributed by atoms with Crippen LogP contribution in [0.4, 0.5) is 15.9 Å². The minimum atomic E-state index is -3.02. The van der Waals surface area contributed by atoms with Crippen molar-refractivity contribution in [3.63, 3.8) is 0 Å². The topological polar surface area (TPSA) is 113 Å². The van der Waals surface area contributed by atoms with Gasteiger partial charge < -0.3 is 19.5 Å². The monoisotopic (exact) mass is 714 g/mol. The van der Waals surface area contributed by atoms with Gasteiger partial charge >= 0.3 is 0 Å². The van der Waals surface area contributed by atoms with E-state index < -0.39 is 9.84 Å². The van der Waals surface area contributed by atoms with Crippen molar-refractivity contribution in [1.29, 1.82) is 0 Å². The fourth-order valence-electron chi connectivity index (χ4n) is 4.48. The predicted octanol–water partition coefficient (Wildman–Crippen LogP) is 7.37. The molecule has 0 unspecified atom stereocenters. The molecule has 0 atom stereocenters. The molecule has 9 nitrogen and oxygen atoms in total. The Kier molecular flexibility index (Phi) is 11.0. The van der Waals surface area contributed by atoms with Crippen LogP contribution in [0.3, 0.4) is 0 Å². The van der Waals surface area contributed by atoms with E-state index in [1.54, 1.807) is 31.4 Å². The van der Waals surface area contributed by atoms with Crippen LogP contribution in [0.5, 0.6) is 11.5 Å². The van der Waals surface area contributed by atoms with Gasteiger partial charge in [-0.25, -0.2) is 27.8 Å². The molecule has 2 aromatic heterocycles. The number of hydrogen-bond acceptors (Lipinski definition) is 10. The van der Waals surface area contributed by atoms with E-state index >= 15 is 0 Å². The first-order chi connectivity index (χ1) is 21.7. The van der Waals surface area contributed by atoms with Crippen LogP contribution in [-0.2, 0) is 27.6 Å². The maximum Gasteiger partial charge on any atom is 0.152 e. The lowest BCUT2D eigenvalue weighted by atomic mass is 10.1. The Labute approximate surface area is 273 Å². The Balaban J connectivity index is 1.28. The van der Waals surface area contributed by atoms with Crippen molar-refractivity contribution in [3.8, 4) is 22.8 Å². The standard InChI is InChI=1S/C32H32BrFN4O5S2/c1-3-45(39,40)13-12-42-11-5-8-31-38-28(19-44-31)24-16-25-27(17-30(24)41-2)35-20-36-32(25)37-23-9-10-29(26(33)15-23)43-18-21-6-4-7-22(34)14-21/h4,6-7,9-10,14-17,19-20H,3,5,8,11-13,18H2,1-2H3,(H,35,36,37). The van der Waals surface area contributed by atoms with Crippen LogP contribution in [0, 0.1) is 5.82 Å². The minimum absolute atomic E-state index is 0.0439. The van der Waals surface area contributed by atoms with Crippen molar-refractivity contribution in [3.05, 3.63) is 87.2 Å². The van der Waals surface area contributed by atoms with Gasteiger partial charge in [0.2, 0.25) is 0 Å². The number of thiazole rings is 1. The molecule has 5 aromatic rings. The van der Waals surface area contributed by atoms with Crippen molar-refractivity contribution in [2.24, 2.45) is 0 Å². The van der Waals surface area contributed by atoms with E-state index in [1.165, 1.54) is 18.5 Å². The first kappa shape index (κ1) is 32.7. The molecule has 1 N–H and O–H groups in total. The highest BCUT2D eigenvalue weighted by Gasteiger charge is 2.16. The highest BCUT2D eigenvalue weighted by molar-refractivity contribution is 9.10. The van der Waals surface area contributed by atoms with Gasteiger partial charge in [0.15, 0.2) is 9.84 Å². The SMILES string of the molecule is CCS(=O)(=O)CCOCCCc1nc(-c2cc3c(Nc4ccc(OCc5cccc(F)c5)c(Br)c4)ncnc3cc2OC)cs1. The van der Waals surface area contributed by atoms with Gasteiger partial charge in [-0.1, -0.05) is 19.1 Å². The number of ether oxygens (including phenoxy) is 3. The summed E-state index contributed by atoms with van der Waals surface area (Å²) < 4.78 is 54.6. The summed E-state index contributed by atoms with van der Waals surface area (Å²) in [6, 6.07) is 15.8. The summed E-state index contributed by atoms with van der Waals surface area (Å²) in [5, 5.41) is 7.11. The number of halogens is 2. The van der Waals surface area contributed by atoms with Crippen molar-refractivity contribution in [2.45, 2.75) is 26.4 Å². The van der Waals surface area contributed by atoms with Crippen molar-refractivity contribution >= 4 is 59.5 Å². The highest BCUT2D eigenvalue weighted by atomic mass is 79.9. The normalized spacial score (nSPS) is 11.6. The molecule has 0 bridgehead atoms. The van der Waals surface area contributed by atoms with E-state index in [1.807, 2.05) is 41.8 Å². The number of sulfone groups is 1. The number of rotatable bonds is 15. The van der Waals surface area contributed by atoms with E-state index in [0.717, 1.165) is 43.8 Å². The molecule has 0 radical (unpaired) electrons. The number of nitrogens with zero attached hydrogens (tertiary/aromatic N) is 3. The van der Waals surface area contributed by atoms with Gasteiger partial charge in [-0.2, -0.15) is 0 Å². The molecule has 0 aliphatic rings. The molecular weight excluding hydrogens is 683 g/mol. The molecule has 3 aromatic carbocycles. The molecule has 0 saturated heterocycles. The summed E-state index contributed by atoms with van der Waals surface area (Å²) in [4.78, 5) is 13.8. The van der Waals surface area contributed by atoms with Gasteiger partial charge in [-0.3, -0.25) is 0 Å². The van der Waals surface area contributed by atoms with E-state index in [2.05, 4.69) is 31.2 Å². The van der Waals surface area contributed by atoms with Gasteiger partial charge in [0.25, 0.3) is 0 Å². The third-order valence-corrected chi connectivity index (χ3v) is 10.1. The minimum Gasteiger partial charge on any atom is -0.496 e. The highest BCUT2D eigenvalue weighted by Crippen LogP contribution is 2.37. The summed E-state index contributed by atoms with van der Waals surface area (Å²) >= 11 is 5.13. The molecule has 45 heavy (non-hydrogen) atoms. The largest absolute Gasteiger partial charge is 0.496 e. The van der Waals surface area contributed by atoms with Gasteiger partial charge in [0.05, 0.1) is 40.2 Å². The molecule has 13 heteroatoms. The van der Waals surface area contributed by atoms with E-state index in [-0.39, 0.29) is 30.5 Å². The number of methoxy groups -OCH3 is 1. The zero-order valence-corrected chi connectivity index (χ0v) is 28.0. The van der Waals surface area contributed by atoms with Crippen LogP contribution < -0.4 is 14.8 Å². The first-order valence-corrected chi connectivity index (χ1v) is 17.7. The number of nitrogens with one attached hydrogen (secondary N) is 1. The maximum absolute atomic E-state index is 13.5. The van der Waals surface area contributed by atoms with Crippen molar-refractivity contribution < 1.29 is 27.0 Å². The number of anilines is 2. The van der Waals surface area contributed by atoms with Gasteiger partial charge in [-0.05, 0) is 64.3 Å². The Morgan fingerprint density at radius 1 is 1.04 bits per heavy atom. The summed E-state index contributed by atoms with van der Waals surface area (Å²) in [7, 11) is -1.41. The second-order valence-corrected chi connectivity index (χ2v) is 14.3. The quantitative estimate of drug-likeness (QED) is 0.111. The molecule has 5 rings (SSSR count). The average Bonchev–Trinajstić information content (AvgIpc) is 3.50. The summed E-state index contributed by atoms with van der Waals surface area (Å²) in [6.45, 7) is 2.55. The van der Waals surface area contributed by atoms with Gasteiger partial charge in [0.1, 0.15) is 36.1 Å². The molecule has 2 heterocycles. The predicted molar refractivity (Wildman–Crippen MR) is 179 cm³/mol. The summed E-state index contributed by atoms with van der Waals surface area (Å²) in [5.74, 6) is 1.75. The Bertz CT molecular complexity index is 1890. The summed E-state index contributed by atoms with van der Waals surface area (Å²) in [5.41, 5.74) is 3.82. The van der Waals surface area contributed by atoms with Crippen LogP contribution in [0.25, 0.3) is 22.2 Å². The Morgan fingerprint density at radius 3 is 2.69 bits per heavy atom. The number of aryl methyl sites for hydroxylation is 1. The zero-order chi connectivity index (χ0) is 31.8. The molecule has 0 spiro atoms. The number of hydrogen-bond donors (Lipinski definition) is 1. The van der Waals surface area contributed by atoms with E-state index in [9.17, 15) is 12.8 Å². The van der Waals surface area contributed by atoms with E-state index in [4.69, 9.17) is 19.2 Å². The second-order valence-electron chi connectivity index (χ2n) is 10.1. The number of fused-ring (bicyclic) bond motifs is 1. The molecule has 236 valence electrons. The molecule has 0 saturated carbocycles. The Morgan fingerprint density at radius 2 is 1.91 bits per heavy atom. The molecule has 0 fully saturated rings. The smallest absolute Gasteiger partial charge is 0.152 e. The molecule has 0 aliphatic heterocycles. The van der Waals surface area contributed by atoms with Crippen LogP contribution in [0.1, 0.15) is 23.9 Å². The maximum atomic E-state index is 13.5. The van der Waals surface area contributed by atoms with Crippen LogP contribution in [0.15, 0.2) is 70.8 Å². The lowest BCUT2D eigenvalue weighted by molar-refractivity contribution is 0.146.